The molecule has 0 aromatic heterocycles. The fraction of sp³-hybridized carbons (Fsp3) is 0.500. The predicted molar refractivity (Wildman–Crippen MR) is 126 cm³/mol. The van der Waals surface area contributed by atoms with Crippen molar-refractivity contribution in [2.24, 2.45) is 11.8 Å². The molecule has 8 heteroatoms. The van der Waals surface area contributed by atoms with E-state index in [0.29, 0.717) is 17.6 Å². The Hall–Kier alpha value is -2.37. The minimum Gasteiger partial charge on any atom is -0.405 e. The average molecular weight is 461 g/mol. The van der Waals surface area contributed by atoms with Crippen LogP contribution in [0.1, 0.15) is 58.8 Å². The number of hydrogen-bond donors (Lipinski definition) is 1. The Morgan fingerprint density at radius 3 is 2.19 bits per heavy atom. The molecule has 1 aliphatic rings. The molecule has 0 heterocycles. The highest BCUT2D eigenvalue weighted by atomic mass is 31.2. The van der Waals surface area contributed by atoms with Crippen molar-refractivity contribution in [1.82, 2.24) is 5.09 Å². The molecule has 1 fully saturated rings. The van der Waals surface area contributed by atoms with Crippen LogP contribution in [0.2, 0.25) is 0 Å². The van der Waals surface area contributed by atoms with Crippen molar-refractivity contribution in [3.05, 3.63) is 64.7 Å². The van der Waals surface area contributed by atoms with E-state index in [4.69, 9.17) is 9.05 Å². The smallest absolute Gasteiger partial charge is 0.405 e. The molecule has 32 heavy (non-hydrogen) atoms. The second-order valence-electron chi connectivity index (χ2n) is 8.44. The lowest BCUT2D eigenvalue weighted by molar-refractivity contribution is -0.384. The van der Waals surface area contributed by atoms with E-state index in [2.05, 4.69) is 18.9 Å². The molecule has 0 saturated heterocycles. The lowest BCUT2D eigenvalue weighted by atomic mass is 9.78. The van der Waals surface area contributed by atoms with Crippen molar-refractivity contribution in [2.75, 3.05) is 0 Å². The van der Waals surface area contributed by atoms with Gasteiger partial charge in [0, 0.05) is 18.2 Å². The number of nitro benzene ring substituents is 1. The van der Waals surface area contributed by atoms with Gasteiger partial charge in [-0.3, -0.25) is 10.1 Å². The number of nitro groups is 1. The van der Waals surface area contributed by atoms with Gasteiger partial charge >= 0.3 is 7.75 Å². The lowest BCUT2D eigenvalue weighted by Crippen LogP contribution is -2.39. The first-order valence-corrected chi connectivity index (χ1v) is 13.0. The van der Waals surface area contributed by atoms with Gasteiger partial charge in [-0.15, -0.1) is 0 Å². The van der Waals surface area contributed by atoms with Crippen molar-refractivity contribution in [3.63, 3.8) is 0 Å². The van der Waals surface area contributed by atoms with Gasteiger partial charge < -0.3 is 9.05 Å². The molecule has 2 aromatic rings. The Morgan fingerprint density at radius 1 is 1.00 bits per heavy atom. The summed E-state index contributed by atoms with van der Waals surface area (Å²) in [5.41, 5.74) is -0.0540. The van der Waals surface area contributed by atoms with Crippen LogP contribution in [0.3, 0.4) is 0 Å². The standard InChI is InChI=1S/C24H33N2O5P/c1-3-19(4-2)18-20-10-8-9-13-24(20)25-32(29,30-22-11-6-5-7-12-22)31-23-16-14-21(15-17-23)26(27)28/h5-7,11-12,14-17,19-20,24H,3-4,8-10,13,18H2,1-2H3,(H,25,29). The Bertz CT molecular complexity index is 902. The van der Waals surface area contributed by atoms with Gasteiger partial charge in [0.25, 0.3) is 5.69 Å². The largest absolute Gasteiger partial charge is 0.513 e. The van der Waals surface area contributed by atoms with Crippen LogP contribution in [0.4, 0.5) is 5.69 Å². The second kappa shape index (κ2) is 11.5. The first-order valence-electron chi connectivity index (χ1n) is 11.5. The van der Waals surface area contributed by atoms with Crippen molar-refractivity contribution >= 4 is 13.4 Å². The van der Waals surface area contributed by atoms with Gasteiger partial charge in [-0.25, -0.2) is 4.57 Å². The molecule has 3 atom stereocenters. The van der Waals surface area contributed by atoms with E-state index in [9.17, 15) is 14.7 Å². The fourth-order valence-corrected chi connectivity index (χ4v) is 6.06. The average Bonchev–Trinajstić information content (AvgIpc) is 2.79. The molecule has 0 aliphatic heterocycles. The van der Waals surface area contributed by atoms with E-state index in [1.807, 2.05) is 18.2 Å². The van der Waals surface area contributed by atoms with Gasteiger partial charge in [0.15, 0.2) is 0 Å². The minimum atomic E-state index is -3.79. The number of nitrogens with zero attached hydrogens (tertiary/aromatic N) is 1. The number of para-hydroxylation sites is 1. The zero-order valence-corrected chi connectivity index (χ0v) is 19.7. The van der Waals surface area contributed by atoms with Crippen LogP contribution in [-0.4, -0.2) is 11.0 Å². The highest BCUT2D eigenvalue weighted by Crippen LogP contribution is 2.47. The Morgan fingerprint density at radius 2 is 1.59 bits per heavy atom. The highest BCUT2D eigenvalue weighted by Gasteiger charge is 2.37. The van der Waals surface area contributed by atoms with E-state index in [1.165, 1.54) is 30.7 Å². The maximum absolute atomic E-state index is 13.9. The lowest BCUT2D eigenvalue weighted by Gasteiger charge is -2.36. The number of hydrogen-bond acceptors (Lipinski definition) is 5. The molecule has 0 radical (unpaired) electrons. The first kappa shape index (κ1) is 24.3. The third kappa shape index (κ3) is 6.81. The molecular formula is C24H33N2O5P. The molecule has 2 aromatic carbocycles. The topological polar surface area (TPSA) is 90.7 Å². The third-order valence-corrected chi connectivity index (χ3v) is 7.82. The summed E-state index contributed by atoms with van der Waals surface area (Å²) in [6, 6.07) is 14.5. The van der Waals surface area contributed by atoms with Gasteiger partial charge in [-0.2, -0.15) is 5.09 Å². The molecule has 0 spiro atoms. The SMILES string of the molecule is CCC(CC)CC1CCCCC1NP(=O)(Oc1ccccc1)Oc1ccc([N+](=O)[O-])cc1. The summed E-state index contributed by atoms with van der Waals surface area (Å²) in [5.74, 6) is 1.75. The van der Waals surface area contributed by atoms with E-state index in [1.54, 1.807) is 12.1 Å². The highest BCUT2D eigenvalue weighted by molar-refractivity contribution is 7.52. The summed E-state index contributed by atoms with van der Waals surface area (Å²) >= 11 is 0. The van der Waals surface area contributed by atoms with Crippen LogP contribution in [0.15, 0.2) is 54.6 Å². The third-order valence-electron chi connectivity index (χ3n) is 6.27. The van der Waals surface area contributed by atoms with Crippen molar-refractivity contribution in [3.8, 4) is 11.5 Å². The molecule has 174 valence electrons. The molecule has 0 amide bonds. The van der Waals surface area contributed by atoms with Gasteiger partial charge in [0.05, 0.1) is 4.92 Å². The Balaban J connectivity index is 1.82. The molecule has 3 rings (SSSR count). The van der Waals surface area contributed by atoms with Crippen LogP contribution in [-0.2, 0) is 4.57 Å². The van der Waals surface area contributed by atoms with Crippen LogP contribution >= 0.6 is 7.75 Å². The van der Waals surface area contributed by atoms with E-state index in [-0.39, 0.29) is 17.5 Å². The van der Waals surface area contributed by atoms with Crippen LogP contribution in [0.5, 0.6) is 11.5 Å². The first-order chi connectivity index (χ1) is 15.4. The molecule has 3 unspecified atom stereocenters. The fourth-order valence-electron chi connectivity index (χ4n) is 4.37. The number of nitrogens with one attached hydrogen (secondary N) is 1. The molecule has 1 N–H and O–H groups in total. The Labute approximate surface area is 190 Å². The normalized spacial score (nSPS) is 20.5. The van der Waals surface area contributed by atoms with Crippen molar-refractivity contribution in [1.29, 1.82) is 0 Å². The zero-order valence-electron chi connectivity index (χ0n) is 18.8. The van der Waals surface area contributed by atoms with Crippen LogP contribution < -0.4 is 14.1 Å². The molecule has 1 aliphatic carbocycles. The Kier molecular flexibility index (Phi) is 8.71. The van der Waals surface area contributed by atoms with E-state index < -0.39 is 12.7 Å². The summed E-state index contributed by atoms with van der Waals surface area (Å²) in [6.07, 6.45) is 7.62. The summed E-state index contributed by atoms with van der Waals surface area (Å²) < 4.78 is 25.6. The van der Waals surface area contributed by atoms with Crippen LogP contribution in [0, 0.1) is 22.0 Å². The molecule has 1 saturated carbocycles. The maximum Gasteiger partial charge on any atom is 0.513 e. The predicted octanol–water partition coefficient (Wildman–Crippen LogP) is 7.14. The van der Waals surface area contributed by atoms with Crippen molar-refractivity contribution in [2.45, 2.75) is 64.8 Å². The number of rotatable bonds is 11. The maximum atomic E-state index is 13.9. The van der Waals surface area contributed by atoms with Gasteiger partial charge in [-0.05, 0) is 55.4 Å². The quantitative estimate of drug-likeness (QED) is 0.218. The summed E-state index contributed by atoms with van der Waals surface area (Å²) in [7, 11) is -3.79. The molecule has 0 bridgehead atoms. The van der Waals surface area contributed by atoms with Gasteiger partial charge in [0.1, 0.15) is 11.5 Å². The monoisotopic (exact) mass is 460 g/mol. The van der Waals surface area contributed by atoms with Crippen molar-refractivity contribution < 1.29 is 18.5 Å². The summed E-state index contributed by atoms with van der Waals surface area (Å²) in [4.78, 5) is 10.5. The zero-order chi connectivity index (χ0) is 23.0. The van der Waals surface area contributed by atoms with E-state index in [0.717, 1.165) is 38.5 Å². The van der Waals surface area contributed by atoms with E-state index >= 15 is 0 Å². The summed E-state index contributed by atoms with van der Waals surface area (Å²) in [6.45, 7) is 4.45. The second-order valence-corrected chi connectivity index (χ2v) is 10.1. The number of non-ortho nitro benzene ring substituents is 1. The van der Waals surface area contributed by atoms with Gasteiger partial charge in [0.2, 0.25) is 0 Å². The molecule has 7 nitrogen and oxygen atoms in total. The van der Waals surface area contributed by atoms with Crippen LogP contribution in [0.25, 0.3) is 0 Å². The molecular weight excluding hydrogens is 427 g/mol. The minimum absolute atomic E-state index is 0.0249. The number of benzene rings is 2. The van der Waals surface area contributed by atoms with Gasteiger partial charge in [-0.1, -0.05) is 57.7 Å². The summed E-state index contributed by atoms with van der Waals surface area (Å²) in [5, 5.41) is 14.2.